The molecule has 6 heteroatoms. The maximum Gasteiger partial charge on any atom is 0.409 e. The van der Waals surface area contributed by atoms with E-state index in [0.29, 0.717) is 6.61 Å². The molecule has 2 heterocycles. The fourth-order valence-corrected chi connectivity index (χ4v) is 3.03. The average molecular weight is 319 g/mol. The van der Waals surface area contributed by atoms with Crippen molar-refractivity contribution < 1.29 is 14.3 Å². The van der Waals surface area contributed by atoms with Crippen LogP contribution >= 0.6 is 0 Å². The molecule has 1 saturated heterocycles. The summed E-state index contributed by atoms with van der Waals surface area (Å²) in [6, 6.07) is 6.44. The monoisotopic (exact) mass is 319 g/mol. The molecular weight excluding hydrogens is 294 g/mol. The predicted octanol–water partition coefficient (Wildman–Crippen LogP) is 1.44. The lowest BCUT2D eigenvalue weighted by Gasteiger charge is -2.34. The van der Waals surface area contributed by atoms with Gasteiger partial charge in [-0.05, 0) is 24.6 Å². The minimum atomic E-state index is -0.194. The number of amides is 1. The predicted molar refractivity (Wildman–Crippen MR) is 87.5 cm³/mol. The second-order valence-electron chi connectivity index (χ2n) is 5.93. The number of hydrogen-bond acceptors (Lipinski definition) is 5. The van der Waals surface area contributed by atoms with Gasteiger partial charge in [0.25, 0.3) is 0 Å². The van der Waals surface area contributed by atoms with E-state index in [0.717, 1.165) is 58.2 Å². The average Bonchev–Trinajstić information content (AvgIpc) is 2.80. The van der Waals surface area contributed by atoms with Crippen LogP contribution in [0.1, 0.15) is 18.1 Å². The standard InChI is InChI=1S/C17H25N3O3/c1-2-22-17(21)20-8-6-19(7-9-20)13-14-3-4-16-15(11-14)12-18-5-10-23-16/h3-4,11,18H,2,5-10,12-13H2,1H3. The number of carbonyl (C=O) groups excluding carboxylic acids is 1. The van der Waals surface area contributed by atoms with E-state index >= 15 is 0 Å². The molecule has 0 aromatic heterocycles. The fourth-order valence-electron chi connectivity index (χ4n) is 3.03. The van der Waals surface area contributed by atoms with Crippen LogP contribution in [0, 0.1) is 0 Å². The number of nitrogens with one attached hydrogen (secondary N) is 1. The van der Waals surface area contributed by atoms with Gasteiger partial charge in [0, 0.05) is 51.4 Å². The van der Waals surface area contributed by atoms with E-state index < -0.39 is 0 Å². The van der Waals surface area contributed by atoms with Crippen LogP contribution in [-0.2, 0) is 17.8 Å². The number of rotatable bonds is 3. The third-order valence-electron chi connectivity index (χ3n) is 4.28. The molecule has 23 heavy (non-hydrogen) atoms. The van der Waals surface area contributed by atoms with Crippen molar-refractivity contribution in [2.24, 2.45) is 0 Å². The van der Waals surface area contributed by atoms with Crippen LogP contribution in [0.4, 0.5) is 4.79 Å². The maximum absolute atomic E-state index is 11.7. The number of hydrogen-bond donors (Lipinski definition) is 1. The summed E-state index contributed by atoms with van der Waals surface area (Å²) < 4.78 is 10.8. The second kappa shape index (κ2) is 7.66. The summed E-state index contributed by atoms with van der Waals surface area (Å²) in [5, 5.41) is 3.37. The maximum atomic E-state index is 11.7. The lowest BCUT2D eigenvalue weighted by molar-refractivity contribution is 0.0778. The minimum absolute atomic E-state index is 0.194. The molecule has 0 atom stereocenters. The van der Waals surface area contributed by atoms with Crippen LogP contribution in [-0.4, -0.2) is 61.8 Å². The number of piperazine rings is 1. The van der Waals surface area contributed by atoms with Gasteiger partial charge in [0.1, 0.15) is 12.4 Å². The molecule has 0 saturated carbocycles. The van der Waals surface area contributed by atoms with Gasteiger partial charge in [-0.2, -0.15) is 0 Å². The molecule has 1 N–H and O–H groups in total. The van der Waals surface area contributed by atoms with Crippen LogP contribution in [0.5, 0.6) is 5.75 Å². The topological polar surface area (TPSA) is 54.0 Å². The van der Waals surface area contributed by atoms with Gasteiger partial charge in [0.05, 0.1) is 6.61 Å². The number of benzene rings is 1. The molecule has 6 nitrogen and oxygen atoms in total. The summed E-state index contributed by atoms with van der Waals surface area (Å²) in [5.74, 6) is 0.992. The van der Waals surface area contributed by atoms with Crippen molar-refractivity contribution in [2.45, 2.75) is 20.0 Å². The van der Waals surface area contributed by atoms with Crippen LogP contribution in [0.2, 0.25) is 0 Å². The van der Waals surface area contributed by atoms with Crippen LogP contribution in [0.25, 0.3) is 0 Å². The van der Waals surface area contributed by atoms with E-state index in [2.05, 4.69) is 28.4 Å². The first-order valence-corrected chi connectivity index (χ1v) is 8.35. The van der Waals surface area contributed by atoms with E-state index in [4.69, 9.17) is 9.47 Å². The zero-order valence-electron chi connectivity index (χ0n) is 13.7. The number of fused-ring (bicyclic) bond motifs is 1. The first-order chi connectivity index (χ1) is 11.3. The van der Waals surface area contributed by atoms with Crippen molar-refractivity contribution in [3.8, 4) is 5.75 Å². The van der Waals surface area contributed by atoms with Gasteiger partial charge >= 0.3 is 6.09 Å². The molecule has 1 aromatic carbocycles. The summed E-state index contributed by atoms with van der Waals surface area (Å²) >= 11 is 0. The third-order valence-corrected chi connectivity index (χ3v) is 4.28. The second-order valence-corrected chi connectivity index (χ2v) is 5.93. The molecule has 3 rings (SSSR count). The Hall–Kier alpha value is -1.79. The Bertz CT molecular complexity index is 542. The Kier molecular flexibility index (Phi) is 5.35. The van der Waals surface area contributed by atoms with E-state index in [1.54, 1.807) is 4.90 Å². The molecule has 1 fully saturated rings. The Balaban J connectivity index is 1.54. The summed E-state index contributed by atoms with van der Waals surface area (Å²) in [7, 11) is 0. The zero-order valence-corrected chi connectivity index (χ0v) is 13.7. The summed E-state index contributed by atoms with van der Waals surface area (Å²) in [6.45, 7) is 8.87. The van der Waals surface area contributed by atoms with Gasteiger partial charge < -0.3 is 19.7 Å². The van der Waals surface area contributed by atoms with Crippen LogP contribution in [0.15, 0.2) is 18.2 Å². The lowest BCUT2D eigenvalue weighted by atomic mass is 10.1. The first-order valence-electron chi connectivity index (χ1n) is 8.35. The van der Waals surface area contributed by atoms with Gasteiger partial charge in [0.15, 0.2) is 0 Å². The quantitative estimate of drug-likeness (QED) is 0.914. The number of ether oxygens (including phenoxy) is 2. The van der Waals surface area contributed by atoms with Gasteiger partial charge in [-0.25, -0.2) is 4.79 Å². The Morgan fingerprint density at radius 1 is 1.30 bits per heavy atom. The Labute approximate surface area is 137 Å². The number of nitrogens with zero attached hydrogens (tertiary/aromatic N) is 2. The molecule has 0 spiro atoms. The van der Waals surface area contributed by atoms with Crippen LogP contribution < -0.4 is 10.1 Å². The molecule has 126 valence electrons. The zero-order chi connectivity index (χ0) is 16.1. The van der Waals surface area contributed by atoms with Crippen molar-refractivity contribution in [3.05, 3.63) is 29.3 Å². The SMILES string of the molecule is CCOC(=O)N1CCN(Cc2ccc3c(c2)CNCCO3)CC1. The normalized spacial score (nSPS) is 18.7. The first kappa shape index (κ1) is 16.1. The van der Waals surface area contributed by atoms with E-state index in [1.165, 1.54) is 11.1 Å². The van der Waals surface area contributed by atoms with Crippen molar-refractivity contribution in [1.82, 2.24) is 15.1 Å². The van der Waals surface area contributed by atoms with Gasteiger partial charge in [-0.3, -0.25) is 4.90 Å². The smallest absolute Gasteiger partial charge is 0.409 e. The highest BCUT2D eigenvalue weighted by atomic mass is 16.6. The van der Waals surface area contributed by atoms with Gasteiger partial charge in [-0.1, -0.05) is 6.07 Å². The Morgan fingerprint density at radius 3 is 2.91 bits per heavy atom. The van der Waals surface area contributed by atoms with Gasteiger partial charge in [0.2, 0.25) is 0 Å². The highest BCUT2D eigenvalue weighted by Crippen LogP contribution is 2.22. The molecule has 1 aromatic rings. The largest absolute Gasteiger partial charge is 0.492 e. The Morgan fingerprint density at radius 2 is 2.13 bits per heavy atom. The minimum Gasteiger partial charge on any atom is -0.492 e. The van der Waals surface area contributed by atoms with E-state index in [9.17, 15) is 4.79 Å². The van der Waals surface area contributed by atoms with Gasteiger partial charge in [-0.15, -0.1) is 0 Å². The van der Waals surface area contributed by atoms with Crippen molar-refractivity contribution in [2.75, 3.05) is 45.9 Å². The van der Waals surface area contributed by atoms with Crippen molar-refractivity contribution in [1.29, 1.82) is 0 Å². The third kappa shape index (κ3) is 4.14. The van der Waals surface area contributed by atoms with Crippen molar-refractivity contribution >= 4 is 6.09 Å². The molecule has 0 aliphatic carbocycles. The highest BCUT2D eigenvalue weighted by molar-refractivity contribution is 5.67. The lowest BCUT2D eigenvalue weighted by Crippen LogP contribution is -2.48. The molecule has 0 bridgehead atoms. The van der Waals surface area contributed by atoms with E-state index in [1.807, 2.05) is 6.92 Å². The molecule has 0 unspecified atom stereocenters. The highest BCUT2D eigenvalue weighted by Gasteiger charge is 2.22. The van der Waals surface area contributed by atoms with E-state index in [-0.39, 0.29) is 6.09 Å². The van der Waals surface area contributed by atoms with Crippen LogP contribution in [0.3, 0.4) is 0 Å². The fraction of sp³-hybridized carbons (Fsp3) is 0.588. The molecule has 0 radical (unpaired) electrons. The molecular formula is C17H25N3O3. The van der Waals surface area contributed by atoms with Crippen molar-refractivity contribution in [3.63, 3.8) is 0 Å². The molecule has 1 amide bonds. The summed E-state index contributed by atoms with van der Waals surface area (Å²) in [5.41, 5.74) is 2.52. The summed E-state index contributed by atoms with van der Waals surface area (Å²) in [6.07, 6.45) is -0.194. The summed E-state index contributed by atoms with van der Waals surface area (Å²) in [4.78, 5) is 15.9. The number of carbonyl (C=O) groups is 1. The molecule has 2 aliphatic heterocycles. The molecule has 2 aliphatic rings.